The predicted octanol–water partition coefficient (Wildman–Crippen LogP) is 6.17. The largest absolute Gasteiger partial charge is 0.444 e. The summed E-state index contributed by atoms with van der Waals surface area (Å²) in [6.07, 6.45) is 2.24. The number of hydrogen-bond acceptors (Lipinski definition) is 4. The molecular weight excluding hydrogens is 490 g/mol. The molecule has 1 aromatic heterocycles. The molecule has 1 fully saturated rings. The second kappa shape index (κ2) is 10.3. The molecule has 10 heteroatoms. The lowest BCUT2D eigenvalue weighted by molar-refractivity contribution is 0.0204. The van der Waals surface area contributed by atoms with Crippen molar-refractivity contribution in [2.75, 3.05) is 18.4 Å². The number of likely N-dealkylation sites (tertiary alicyclic amines) is 1. The van der Waals surface area contributed by atoms with Crippen LogP contribution in [0.5, 0.6) is 0 Å². The van der Waals surface area contributed by atoms with E-state index in [9.17, 15) is 18.4 Å². The van der Waals surface area contributed by atoms with Crippen molar-refractivity contribution < 1.29 is 23.1 Å². The van der Waals surface area contributed by atoms with Crippen LogP contribution in [0.15, 0.2) is 48.7 Å². The van der Waals surface area contributed by atoms with E-state index in [-0.39, 0.29) is 17.3 Å². The van der Waals surface area contributed by atoms with Gasteiger partial charge in [-0.3, -0.25) is 4.79 Å². The Labute approximate surface area is 213 Å². The average molecular weight is 517 g/mol. The Kier molecular flexibility index (Phi) is 7.31. The number of rotatable bonds is 4. The molecule has 1 aliphatic rings. The first kappa shape index (κ1) is 25.6. The molecule has 0 bridgehead atoms. The Balaban J connectivity index is 1.63. The van der Waals surface area contributed by atoms with Gasteiger partial charge in [0.25, 0.3) is 5.91 Å². The number of halogens is 3. The van der Waals surface area contributed by atoms with Crippen LogP contribution in [-0.2, 0) is 4.74 Å². The summed E-state index contributed by atoms with van der Waals surface area (Å²) < 4.78 is 35.0. The van der Waals surface area contributed by atoms with Gasteiger partial charge in [-0.15, -0.1) is 0 Å². The van der Waals surface area contributed by atoms with Gasteiger partial charge in [-0.2, -0.15) is 5.10 Å². The molecule has 2 amide bonds. The fraction of sp³-hybridized carbons (Fsp3) is 0.346. The fourth-order valence-electron chi connectivity index (χ4n) is 4.09. The van der Waals surface area contributed by atoms with Gasteiger partial charge in [0.1, 0.15) is 22.9 Å². The maximum atomic E-state index is 14.5. The van der Waals surface area contributed by atoms with E-state index in [0.717, 1.165) is 18.2 Å². The summed E-state index contributed by atoms with van der Waals surface area (Å²) in [5, 5.41) is 7.44. The summed E-state index contributed by atoms with van der Waals surface area (Å²) in [6.45, 7) is 6.26. The van der Waals surface area contributed by atoms with Gasteiger partial charge in [0.05, 0.1) is 10.7 Å². The molecule has 2 heterocycles. The normalized spacial score (nSPS) is 14.6. The number of anilines is 1. The molecule has 0 spiro atoms. The number of hydrogen-bond donors (Lipinski definition) is 1. The number of carbonyl (C=O) groups is 2. The third kappa shape index (κ3) is 5.84. The van der Waals surface area contributed by atoms with Gasteiger partial charge < -0.3 is 15.0 Å². The lowest BCUT2D eigenvalue weighted by Gasteiger charge is -2.33. The Morgan fingerprint density at radius 3 is 2.47 bits per heavy atom. The van der Waals surface area contributed by atoms with Crippen LogP contribution in [0.4, 0.5) is 19.3 Å². The van der Waals surface area contributed by atoms with E-state index in [4.69, 9.17) is 16.3 Å². The number of benzene rings is 2. The van der Waals surface area contributed by atoms with Crippen molar-refractivity contribution in [3.05, 3.63) is 76.6 Å². The second-order valence-electron chi connectivity index (χ2n) is 9.65. The highest BCUT2D eigenvalue weighted by Crippen LogP contribution is 2.33. The average Bonchev–Trinajstić information content (AvgIpc) is 3.26. The molecule has 1 saturated heterocycles. The summed E-state index contributed by atoms with van der Waals surface area (Å²) in [4.78, 5) is 27.3. The van der Waals surface area contributed by atoms with Crippen LogP contribution in [0.1, 0.15) is 55.6 Å². The lowest BCUT2D eigenvalue weighted by atomic mass is 9.89. The van der Waals surface area contributed by atoms with Gasteiger partial charge in [0, 0.05) is 30.9 Å². The third-order valence-electron chi connectivity index (χ3n) is 5.82. The van der Waals surface area contributed by atoms with Crippen LogP contribution in [0, 0.1) is 11.6 Å². The van der Waals surface area contributed by atoms with E-state index in [2.05, 4.69) is 10.4 Å². The van der Waals surface area contributed by atoms with Crippen molar-refractivity contribution in [3.8, 4) is 5.69 Å². The number of nitrogens with one attached hydrogen (secondary N) is 1. The van der Waals surface area contributed by atoms with Crippen molar-refractivity contribution in [2.45, 2.75) is 45.1 Å². The zero-order valence-electron chi connectivity index (χ0n) is 20.2. The SMILES string of the molecule is CC(C)(C)OC(=O)N1CCC(c2cn(-c3cc(F)ccc3F)nc2C(=O)Nc2ccccc2Cl)CC1. The first-order valence-corrected chi connectivity index (χ1v) is 12.0. The van der Waals surface area contributed by atoms with Gasteiger partial charge in [-0.25, -0.2) is 18.3 Å². The Bertz CT molecular complexity index is 1280. The van der Waals surface area contributed by atoms with Crippen molar-refractivity contribution in [1.29, 1.82) is 0 Å². The van der Waals surface area contributed by atoms with Crippen LogP contribution >= 0.6 is 11.6 Å². The summed E-state index contributed by atoms with van der Waals surface area (Å²) in [6, 6.07) is 9.81. The fourth-order valence-corrected chi connectivity index (χ4v) is 4.27. The van der Waals surface area contributed by atoms with Crippen LogP contribution in [0.2, 0.25) is 5.02 Å². The monoisotopic (exact) mass is 516 g/mol. The second-order valence-corrected chi connectivity index (χ2v) is 10.1. The molecule has 4 rings (SSSR count). The minimum Gasteiger partial charge on any atom is -0.444 e. The van der Waals surface area contributed by atoms with Crippen molar-refractivity contribution in [2.24, 2.45) is 0 Å². The molecule has 1 N–H and O–H groups in total. The minimum absolute atomic E-state index is 0.0781. The minimum atomic E-state index is -0.678. The highest BCUT2D eigenvalue weighted by molar-refractivity contribution is 6.33. The number of piperidine rings is 1. The molecule has 36 heavy (non-hydrogen) atoms. The van der Waals surface area contributed by atoms with E-state index in [1.807, 2.05) is 20.8 Å². The highest BCUT2D eigenvalue weighted by atomic mass is 35.5. The van der Waals surface area contributed by atoms with Gasteiger partial charge in [-0.05, 0) is 63.8 Å². The molecule has 2 aromatic carbocycles. The zero-order chi connectivity index (χ0) is 26.0. The molecule has 3 aromatic rings. The topological polar surface area (TPSA) is 76.5 Å². The highest BCUT2D eigenvalue weighted by Gasteiger charge is 2.31. The molecule has 7 nitrogen and oxygen atoms in total. The van der Waals surface area contributed by atoms with Crippen molar-refractivity contribution >= 4 is 29.3 Å². The molecule has 190 valence electrons. The Hall–Kier alpha value is -3.46. The van der Waals surface area contributed by atoms with Crippen LogP contribution in [0.25, 0.3) is 5.69 Å². The van der Waals surface area contributed by atoms with E-state index in [0.29, 0.717) is 42.2 Å². The first-order valence-electron chi connectivity index (χ1n) is 11.6. The maximum Gasteiger partial charge on any atom is 0.410 e. The lowest BCUT2D eigenvalue weighted by Crippen LogP contribution is -2.41. The van der Waals surface area contributed by atoms with Crippen LogP contribution < -0.4 is 5.32 Å². The predicted molar refractivity (Wildman–Crippen MR) is 133 cm³/mol. The third-order valence-corrected chi connectivity index (χ3v) is 6.15. The number of para-hydroxylation sites is 1. The van der Waals surface area contributed by atoms with Crippen LogP contribution in [-0.4, -0.2) is 45.4 Å². The van der Waals surface area contributed by atoms with Gasteiger partial charge in [-0.1, -0.05) is 23.7 Å². The van der Waals surface area contributed by atoms with Gasteiger partial charge >= 0.3 is 6.09 Å². The quantitative estimate of drug-likeness (QED) is 0.450. The Morgan fingerprint density at radius 1 is 1.11 bits per heavy atom. The first-order chi connectivity index (χ1) is 17.0. The number of amides is 2. The summed E-state index contributed by atoms with van der Waals surface area (Å²) in [5.74, 6) is -1.97. The van der Waals surface area contributed by atoms with Crippen molar-refractivity contribution in [3.63, 3.8) is 0 Å². The van der Waals surface area contributed by atoms with E-state index in [1.165, 1.54) is 4.68 Å². The smallest absolute Gasteiger partial charge is 0.410 e. The molecule has 0 aliphatic carbocycles. The summed E-state index contributed by atoms with van der Waals surface area (Å²) in [7, 11) is 0. The molecule has 1 aliphatic heterocycles. The van der Waals surface area contributed by atoms with E-state index >= 15 is 0 Å². The van der Waals surface area contributed by atoms with Crippen molar-refractivity contribution in [1.82, 2.24) is 14.7 Å². The Morgan fingerprint density at radius 2 is 1.81 bits per heavy atom. The summed E-state index contributed by atoms with van der Waals surface area (Å²) in [5.41, 5.74) is 0.343. The summed E-state index contributed by atoms with van der Waals surface area (Å²) >= 11 is 6.19. The number of nitrogens with zero attached hydrogens (tertiary/aromatic N) is 3. The van der Waals surface area contributed by atoms with Crippen LogP contribution in [0.3, 0.4) is 0 Å². The molecular formula is C26H27ClF2N4O3. The number of carbonyl (C=O) groups excluding carboxylic acids is 2. The van der Waals surface area contributed by atoms with E-state index < -0.39 is 29.2 Å². The van der Waals surface area contributed by atoms with Gasteiger partial charge in [0.2, 0.25) is 0 Å². The van der Waals surface area contributed by atoms with E-state index in [1.54, 1.807) is 35.4 Å². The number of ether oxygens (including phenoxy) is 1. The molecule has 0 radical (unpaired) electrons. The molecule has 0 saturated carbocycles. The van der Waals surface area contributed by atoms with Gasteiger partial charge in [0.15, 0.2) is 5.69 Å². The molecule has 0 atom stereocenters. The standard InChI is InChI=1S/C26H27ClF2N4O3/c1-26(2,3)36-25(35)32-12-10-16(11-13-32)18-15-33(22-14-17(28)8-9-20(22)29)31-23(18)24(34)30-21-7-5-4-6-19(21)27/h4-9,14-16H,10-13H2,1-3H3,(H,30,34). The zero-order valence-corrected chi connectivity index (χ0v) is 21.0. The molecule has 0 unspecified atom stereocenters. The maximum absolute atomic E-state index is 14.5. The number of aromatic nitrogens is 2.